The molecular weight excluding hydrogens is 376 g/mol. The van der Waals surface area contributed by atoms with E-state index in [2.05, 4.69) is 37.5 Å². The van der Waals surface area contributed by atoms with Crippen LogP contribution in [0, 0.1) is 0 Å². The molecule has 0 aliphatic carbocycles. The minimum atomic E-state index is -0.226. The van der Waals surface area contributed by atoms with Crippen LogP contribution in [0.1, 0.15) is 12.6 Å². The van der Waals surface area contributed by atoms with Crippen LogP contribution in [0.2, 0.25) is 0 Å². The van der Waals surface area contributed by atoms with Crippen molar-refractivity contribution in [2.45, 2.75) is 19.5 Å². The normalized spacial score (nSPS) is 15.9. The number of rotatable bonds is 3. The number of hydrogen-bond acceptors (Lipinski definition) is 5. The molecule has 30 heavy (non-hydrogen) atoms. The van der Waals surface area contributed by atoms with E-state index in [-0.39, 0.29) is 11.9 Å². The Balaban J connectivity index is 1.72. The number of aromatic nitrogens is 4. The van der Waals surface area contributed by atoms with Crippen molar-refractivity contribution in [3.63, 3.8) is 0 Å². The van der Waals surface area contributed by atoms with Crippen molar-refractivity contribution in [1.82, 2.24) is 24.8 Å². The fourth-order valence-electron chi connectivity index (χ4n) is 4.16. The van der Waals surface area contributed by atoms with E-state index < -0.39 is 0 Å². The van der Waals surface area contributed by atoms with Gasteiger partial charge in [0.05, 0.1) is 22.6 Å². The molecule has 4 aromatic rings. The third-order valence-corrected chi connectivity index (χ3v) is 5.47. The van der Waals surface area contributed by atoms with Gasteiger partial charge in [-0.2, -0.15) is 0 Å². The molecule has 1 aliphatic rings. The lowest BCUT2D eigenvalue weighted by Crippen LogP contribution is -2.34. The van der Waals surface area contributed by atoms with Crippen molar-refractivity contribution in [2.24, 2.45) is 0 Å². The maximum absolute atomic E-state index is 12.1. The Morgan fingerprint density at radius 3 is 2.97 bits per heavy atom. The van der Waals surface area contributed by atoms with E-state index in [1.807, 2.05) is 37.4 Å². The van der Waals surface area contributed by atoms with Gasteiger partial charge in [-0.25, -0.2) is 9.97 Å². The smallest absolute Gasteiger partial charge is 0.244 e. The van der Waals surface area contributed by atoms with Crippen LogP contribution in [0.4, 0.5) is 5.82 Å². The second-order valence-corrected chi connectivity index (χ2v) is 7.29. The summed E-state index contributed by atoms with van der Waals surface area (Å²) in [5.41, 5.74) is 11.4. The molecule has 0 unspecified atom stereocenters. The Kier molecular flexibility index (Phi) is 4.10. The van der Waals surface area contributed by atoms with Crippen molar-refractivity contribution < 1.29 is 4.79 Å². The largest absolute Gasteiger partial charge is 0.383 e. The number of para-hydroxylation sites is 1. The molecule has 0 saturated carbocycles. The lowest BCUT2D eigenvalue weighted by Gasteiger charge is -2.13. The zero-order valence-corrected chi connectivity index (χ0v) is 16.5. The summed E-state index contributed by atoms with van der Waals surface area (Å²) in [5, 5.41) is 4.82. The number of amides is 1. The SMILES string of the molecule is C=C1c2c(-c3cnc4ccccc4c3)c3c(N)ncnc3n2C[C@H]1NC(=O)/C=C/C. The Hall–Kier alpha value is -4.00. The molecule has 1 aliphatic heterocycles. The molecule has 7 heteroatoms. The number of nitrogens with two attached hydrogens (primary N) is 1. The first-order valence-corrected chi connectivity index (χ1v) is 9.68. The van der Waals surface area contributed by atoms with Gasteiger partial charge in [-0.1, -0.05) is 30.9 Å². The highest BCUT2D eigenvalue weighted by atomic mass is 16.1. The Bertz CT molecular complexity index is 1370. The van der Waals surface area contributed by atoms with E-state index in [1.54, 1.807) is 6.08 Å². The first-order chi connectivity index (χ1) is 14.6. The fraction of sp³-hybridized carbons (Fsp3) is 0.130. The maximum Gasteiger partial charge on any atom is 0.244 e. The van der Waals surface area contributed by atoms with Crippen molar-refractivity contribution in [1.29, 1.82) is 0 Å². The van der Waals surface area contributed by atoms with Gasteiger partial charge in [-0.05, 0) is 30.7 Å². The molecule has 4 heterocycles. The second kappa shape index (κ2) is 6.81. The second-order valence-electron chi connectivity index (χ2n) is 7.29. The summed E-state index contributed by atoms with van der Waals surface area (Å²) in [4.78, 5) is 25.4. The molecule has 1 aromatic carbocycles. The van der Waals surface area contributed by atoms with Crippen LogP contribution in [0.25, 0.3) is 38.6 Å². The Morgan fingerprint density at radius 2 is 2.13 bits per heavy atom. The molecule has 3 aromatic heterocycles. The van der Waals surface area contributed by atoms with Gasteiger partial charge < -0.3 is 15.6 Å². The van der Waals surface area contributed by atoms with Crippen LogP contribution in [0.15, 0.2) is 61.6 Å². The zero-order chi connectivity index (χ0) is 20.8. The summed E-state index contributed by atoms with van der Waals surface area (Å²) in [6, 6.07) is 9.81. The Labute approximate surface area is 173 Å². The van der Waals surface area contributed by atoms with Gasteiger partial charge in [0.15, 0.2) is 0 Å². The number of carbonyl (C=O) groups excluding carboxylic acids is 1. The molecule has 0 bridgehead atoms. The van der Waals surface area contributed by atoms with Gasteiger partial charge in [0, 0.05) is 29.3 Å². The number of benzene rings is 1. The Morgan fingerprint density at radius 1 is 1.30 bits per heavy atom. The molecule has 0 fully saturated rings. The molecule has 5 rings (SSSR count). The summed E-state index contributed by atoms with van der Waals surface area (Å²) >= 11 is 0. The summed E-state index contributed by atoms with van der Waals surface area (Å²) in [6.07, 6.45) is 6.52. The molecule has 0 spiro atoms. The van der Waals surface area contributed by atoms with E-state index >= 15 is 0 Å². The van der Waals surface area contributed by atoms with Crippen LogP contribution in [0.3, 0.4) is 0 Å². The lowest BCUT2D eigenvalue weighted by atomic mass is 9.98. The van der Waals surface area contributed by atoms with E-state index in [1.165, 1.54) is 12.4 Å². The van der Waals surface area contributed by atoms with Crippen molar-refractivity contribution in [2.75, 3.05) is 5.73 Å². The van der Waals surface area contributed by atoms with Gasteiger partial charge in [0.1, 0.15) is 17.8 Å². The molecule has 3 N–H and O–H groups in total. The van der Waals surface area contributed by atoms with Gasteiger partial charge in [0.2, 0.25) is 5.91 Å². The highest BCUT2D eigenvalue weighted by molar-refractivity contribution is 6.08. The standard InChI is InChI=1S/C23H20N6O/c1-3-6-18(30)28-17-11-29-21(13(17)2)19(20-22(24)26-12-27-23(20)29)15-9-14-7-4-5-8-16(14)25-10-15/h3-10,12,17H,2,11H2,1H3,(H,28,30)(H2,24,26,27)/b6-3+/t17-/m1/s1. The predicted molar refractivity (Wildman–Crippen MR) is 118 cm³/mol. The van der Waals surface area contributed by atoms with Crippen molar-refractivity contribution in [3.8, 4) is 11.1 Å². The minimum Gasteiger partial charge on any atom is -0.383 e. The van der Waals surface area contributed by atoms with Crippen LogP contribution in [0.5, 0.6) is 0 Å². The number of allylic oxidation sites excluding steroid dienone is 1. The molecular formula is C23H20N6O. The van der Waals surface area contributed by atoms with Gasteiger partial charge in [-0.15, -0.1) is 0 Å². The highest BCUT2D eigenvalue weighted by Gasteiger charge is 2.34. The number of nitrogen functional groups attached to an aromatic ring is 1. The number of hydrogen-bond donors (Lipinski definition) is 2. The molecule has 148 valence electrons. The highest BCUT2D eigenvalue weighted by Crippen LogP contribution is 2.44. The molecule has 1 amide bonds. The summed E-state index contributed by atoms with van der Waals surface area (Å²) < 4.78 is 2.06. The van der Waals surface area contributed by atoms with E-state index in [4.69, 9.17) is 5.73 Å². The number of nitrogens with one attached hydrogen (secondary N) is 1. The topological polar surface area (TPSA) is 98.7 Å². The van der Waals surface area contributed by atoms with E-state index in [9.17, 15) is 4.79 Å². The van der Waals surface area contributed by atoms with E-state index in [0.29, 0.717) is 12.4 Å². The van der Waals surface area contributed by atoms with Gasteiger partial charge in [-0.3, -0.25) is 9.78 Å². The first kappa shape index (κ1) is 18.1. The first-order valence-electron chi connectivity index (χ1n) is 9.68. The van der Waals surface area contributed by atoms with Gasteiger partial charge >= 0.3 is 0 Å². The fourth-order valence-corrected chi connectivity index (χ4v) is 4.16. The lowest BCUT2D eigenvalue weighted by molar-refractivity contribution is -0.116. The van der Waals surface area contributed by atoms with Crippen LogP contribution < -0.4 is 11.1 Å². The van der Waals surface area contributed by atoms with E-state index in [0.717, 1.165) is 44.3 Å². The monoisotopic (exact) mass is 396 g/mol. The number of fused-ring (bicyclic) bond motifs is 4. The molecule has 0 saturated heterocycles. The van der Waals surface area contributed by atoms with Crippen molar-refractivity contribution in [3.05, 3.63) is 67.3 Å². The average molecular weight is 396 g/mol. The number of anilines is 1. The van der Waals surface area contributed by atoms with Crippen LogP contribution in [-0.4, -0.2) is 31.5 Å². The third-order valence-electron chi connectivity index (χ3n) is 5.47. The number of nitrogens with zero attached hydrogens (tertiary/aromatic N) is 4. The maximum atomic E-state index is 12.1. The molecule has 0 radical (unpaired) electrons. The third kappa shape index (κ3) is 2.67. The number of pyridine rings is 1. The average Bonchev–Trinajstić information content (AvgIpc) is 3.23. The number of carbonyl (C=O) groups is 1. The van der Waals surface area contributed by atoms with Crippen LogP contribution >= 0.6 is 0 Å². The molecule has 1 atom stereocenters. The zero-order valence-electron chi connectivity index (χ0n) is 16.5. The molecule has 7 nitrogen and oxygen atoms in total. The summed E-state index contributed by atoms with van der Waals surface area (Å²) in [6.45, 7) is 6.64. The van der Waals surface area contributed by atoms with Gasteiger partial charge in [0.25, 0.3) is 0 Å². The van der Waals surface area contributed by atoms with Crippen LogP contribution in [-0.2, 0) is 11.3 Å². The predicted octanol–water partition coefficient (Wildman–Crippen LogP) is 3.32. The quantitative estimate of drug-likeness (QED) is 0.518. The summed E-state index contributed by atoms with van der Waals surface area (Å²) in [5.74, 6) is 0.258. The minimum absolute atomic E-state index is 0.151. The summed E-state index contributed by atoms with van der Waals surface area (Å²) in [7, 11) is 0. The van der Waals surface area contributed by atoms with Crippen molar-refractivity contribution >= 4 is 39.2 Å².